The van der Waals surface area contributed by atoms with Gasteiger partial charge in [-0.3, -0.25) is 0 Å². The molecule has 9 heteroatoms. The summed E-state index contributed by atoms with van der Waals surface area (Å²) in [6, 6.07) is 6.97. The molecule has 1 aromatic carbocycles. The summed E-state index contributed by atoms with van der Waals surface area (Å²) >= 11 is 1.93. The van der Waals surface area contributed by atoms with Crippen molar-refractivity contribution < 1.29 is 8.42 Å². The molecule has 0 atom stereocenters. The van der Waals surface area contributed by atoms with Crippen molar-refractivity contribution in [3.8, 4) is 0 Å². The fourth-order valence-corrected chi connectivity index (χ4v) is 4.54. The Kier molecular flexibility index (Phi) is 7.20. The zero-order valence-corrected chi connectivity index (χ0v) is 17.3. The third-order valence-electron chi connectivity index (χ3n) is 3.89. The summed E-state index contributed by atoms with van der Waals surface area (Å²) in [7, 11) is -3.38. The van der Waals surface area contributed by atoms with Gasteiger partial charge in [0.05, 0.1) is 11.4 Å². The van der Waals surface area contributed by atoms with Crippen molar-refractivity contribution in [1.82, 2.24) is 9.62 Å². The van der Waals surface area contributed by atoms with Gasteiger partial charge in [-0.25, -0.2) is 18.1 Å². The first-order chi connectivity index (χ1) is 11.0. The average Bonchev–Trinajstić information content (AvgIpc) is 3.37. The molecule has 2 aliphatic rings. The van der Waals surface area contributed by atoms with Crippen molar-refractivity contribution in [3.05, 3.63) is 29.8 Å². The maximum Gasteiger partial charge on any atom is 0.240 e. The number of nitrogens with two attached hydrogens (primary N) is 1. The Labute approximate surface area is 164 Å². The Bertz CT molecular complexity index is 669. The number of nitrogens with zero attached hydrogens (tertiary/aromatic N) is 2. The minimum Gasteiger partial charge on any atom is -0.370 e. The standard InChI is InChI=1S/C15H22N4O2S2.HI/c16-15(19-7-9-22-10-8-19)17-11-12-1-5-14(6-2-12)23(20,21)18-13-3-4-13;/h1-2,5-6,13,18H,3-4,7-11H2,(H2,16,17);1H. The molecule has 0 spiro atoms. The van der Waals surface area contributed by atoms with E-state index >= 15 is 0 Å². The monoisotopic (exact) mass is 482 g/mol. The highest BCUT2D eigenvalue weighted by molar-refractivity contribution is 14.0. The minimum absolute atomic E-state index is 0. The van der Waals surface area contributed by atoms with E-state index in [0.29, 0.717) is 17.4 Å². The van der Waals surface area contributed by atoms with E-state index in [1.165, 1.54) is 0 Å². The van der Waals surface area contributed by atoms with Crippen LogP contribution in [0.4, 0.5) is 0 Å². The minimum atomic E-state index is -3.38. The van der Waals surface area contributed by atoms with Crippen LogP contribution in [0.1, 0.15) is 18.4 Å². The number of halogens is 1. The van der Waals surface area contributed by atoms with Gasteiger partial charge in [-0.15, -0.1) is 24.0 Å². The van der Waals surface area contributed by atoms with Crippen molar-refractivity contribution >= 4 is 51.7 Å². The van der Waals surface area contributed by atoms with Gasteiger partial charge in [0.2, 0.25) is 10.0 Å². The lowest BCUT2D eigenvalue weighted by Gasteiger charge is -2.27. The van der Waals surface area contributed by atoms with Gasteiger partial charge in [-0.05, 0) is 30.5 Å². The van der Waals surface area contributed by atoms with Crippen LogP contribution in [0.2, 0.25) is 0 Å². The third kappa shape index (κ3) is 5.50. The third-order valence-corrected chi connectivity index (χ3v) is 6.37. The molecule has 24 heavy (non-hydrogen) atoms. The first kappa shape index (κ1) is 19.8. The second-order valence-electron chi connectivity index (χ2n) is 5.81. The summed E-state index contributed by atoms with van der Waals surface area (Å²) in [4.78, 5) is 6.81. The Balaban J connectivity index is 0.00000208. The predicted octanol–water partition coefficient (Wildman–Crippen LogP) is 1.61. The van der Waals surface area contributed by atoms with Crippen LogP contribution < -0.4 is 10.5 Å². The number of guanidine groups is 1. The zero-order valence-electron chi connectivity index (χ0n) is 13.3. The molecule has 1 saturated heterocycles. The second-order valence-corrected chi connectivity index (χ2v) is 8.75. The SMILES string of the molecule is I.NC(=NCc1ccc(S(=O)(=O)NC2CC2)cc1)N1CCSCC1. The lowest BCUT2D eigenvalue weighted by atomic mass is 10.2. The number of sulfonamides is 1. The quantitative estimate of drug-likeness (QED) is 0.378. The normalized spacial score (nSPS) is 19.0. The van der Waals surface area contributed by atoms with Crippen LogP contribution >= 0.6 is 35.7 Å². The molecule has 1 aromatic rings. The molecule has 6 nitrogen and oxygen atoms in total. The maximum absolute atomic E-state index is 12.1. The summed E-state index contributed by atoms with van der Waals surface area (Å²) in [6.07, 6.45) is 1.86. The summed E-state index contributed by atoms with van der Waals surface area (Å²) in [5.41, 5.74) is 6.97. The topological polar surface area (TPSA) is 87.8 Å². The van der Waals surface area contributed by atoms with Crippen molar-refractivity contribution in [2.24, 2.45) is 10.7 Å². The summed E-state index contributed by atoms with van der Waals surface area (Å²) in [5, 5.41) is 0. The molecule has 134 valence electrons. The molecule has 1 saturated carbocycles. The Morgan fingerprint density at radius 1 is 1.25 bits per heavy atom. The van der Waals surface area contributed by atoms with Crippen LogP contribution in [0.15, 0.2) is 34.2 Å². The van der Waals surface area contributed by atoms with Gasteiger partial charge < -0.3 is 10.6 Å². The van der Waals surface area contributed by atoms with Crippen LogP contribution in [0, 0.1) is 0 Å². The van der Waals surface area contributed by atoms with Crippen molar-refractivity contribution in [2.75, 3.05) is 24.6 Å². The molecule has 2 fully saturated rings. The number of aliphatic imine (C=N–C) groups is 1. The van der Waals surface area contributed by atoms with Crippen LogP contribution in [-0.2, 0) is 16.6 Å². The van der Waals surface area contributed by atoms with Crippen LogP contribution in [0.5, 0.6) is 0 Å². The Morgan fingerprint density at radius 3 is 2.46 bits per heavy atom. The highest BCUT2D eigenvalue weighted by Crippen LogP contribution is 2.22. The second kappa shape index (κ2) is 8.72. The first-order valence-corrected chi connectivity index (χ1v) is 10.4. The zero-order chi connectivity index (χ0) is 16.3. The van der Waals surface area contributed by atoms with Crippen molar-refractivity contribution in [2.45, 2.75) is 30.3 Å². The van der Waals surface area contributed by atoms with Crippen molar-refractivity contribution in [3.63, 3.8) is 0 Å². The van der Waals surface area contributed by atoms with Crippen LogP contribution in [0.25, 0.3) is 0 Å². The first-order valence-electron chi connectivity index (χ1n) is 7.78. The number of hydrogen-bond acceptors (Lipinski definition) is 4. The molecule has 0 bridgehead atoms. The molecule has 0 unspecified atom stereocenters. The Hall–Kier alpha value is -0.520. The molecule has 1 aliphatic carbocycles. The van der Waals surface area contributed by atoms with E-state index in [4.69, 9.17) is 5.73 Å². The fourth-order valence-electron chi connectivity index (χ4n) is 2.33. The molecule has 0 amide bonds. The molecular formula is C15H23IN4O2S2. The molecule has 1 heterocycles. The molecule has 0 aromatic heterocycles. The van der Waals surface area contributed by atoms with Gasteiger partial charge in [-0.1, -0.05) is 12.1 Å². The van der Waals surface area contributed by atoms with E-state index in [0.717, 1.165) is 43.0 Å². The number of benzene rings is 1. The summed E-state index contributed by atoms with van der Waals surface area (Å²) in [5.74, 6) is 2.73. The smallest absolute Gasteiger partial charge is 0.240 e. The molecule has 3 rings (SSSR count). The molecular weight excluding hydrogens is 459 g/mol. The Morgan fingerprint density at radius 2 is 1.88 bits per heavy atom. The van der Waals surface area contributed by atoms with Gasteiger partial charge >= 0.3 is 0 Å². The average molecular weight is 482 g/mol. The van der Waals surface area contributed by atoms with Crippen LogP contribution in [0.3, 0.4) is 0 Å². The van der Waals surface area contributed by atoms with Gasteiger partial charge in [0.15, 0.2) is 5.96 Å². The van der Waals surface area contributed by atoms with E-state index in [9.17, 15) is 8.42 Å². The fraction of sp³-hybridized carbons (Fsp3) is 0.533. The number of thioether (sulfide) groups is 1. The molecule has 3 N–H and O–H groups in total. The molecule has 0 radical (unpaired) electrons. The number of nitrogens with one attached hydrogen (secondary N) is 1. The number of hydrogen-bond donors (Lipinski definition) is 2. The van der Waals surface area contributed by atoms with E-state index in [2.05, 4.69) is 14.6 Å². The van der Waals surface area contributed by atoms with Crippen molar-refractivity contribution in [1.29, 1.82) is 0 Å². The van der Waals surface area contributed by atoms with E-state index in [1.54, 1.807) is 24.3 Å². The van der Waals surface area contributed by atoms with Gasteiger partial charge in [0.25, 0.3) is 0 Å². The summed E-state index contributed by atoms with van der Waals surface area (Å²) < 4.78 is 26.9. The lowest BCUT2D eigenvalue weighted by Crippen LogP contribution is -2.42. The maximum atomic E-state index is 12.1. The van der Waals surface area contributed by atoms with E-state index < -0.39 is 10.0 Å². The van der Waals surface area contributed by atoms with E-state index in [-0.39, 0.29) is 30.0 Å². The highest BCUT2D eigenvalue weighted by Gasteiger charge is 2.27. The largest absolute Gasteiger partial charge is 0.370 e. The van der Waals surface area contributed by atoms with Gasteiger partial charge in [-0.2, -0.15) is 11.8 Å². The summed E-state index contributed by atoms with van der Waals surface area (Å²) in [6.45, 7) is 2.33. The number of rotatable bonds is 5. The lowest BCUT2D eigenvalue weighted by molar-refractivity contribution is 0.455. The predicted molar refractivity (Wildman–Crippen MR) is 109 cm³/mol. The van der Waals surface area contributed by atoms with Crippen LogP contribution in [-0.4, -0.2) is 49.9 Å². The molecule has 1 aliphatic heterocycles. The highest BCUT2D eigenvalue weighted by atomic mass is 127. The van der Waals surface area contributed by atoms with E-state index in [1.807, 2.05) is 11.8 Å². The van der Waals surface area contributed by atoms with Gasteiger partial charge in [0, 0.05) is 30.6 Å². The van der Waals surface area contributed by atoms with Gasteiger partial charge in [0.1, 0.15) is 0 Å².